The van der Waals surface area contributed by atoms with Crippen LogP contribution in [0.3, 0.4) is 0 Å². The molecule has 166 valence electrons. The van der Waals surface area contributed by atoms with Gasteiger partial charge in [0.2, 0.25) is 0 Å². The summed E-state index contributed by atoms with van der Waals surface area (Å²) in [5, 5.41) is 12.9. The standard InChI is InChI=1S/C29H23ClN4/c1-33-20-32-17-26(33)19-34(18-21-6-4-9-24(30)14-21)25-13-12-23(16-31)29(15-25)28-11-5-8-22-7-2-3-10-27(22)28/h2-15,17,20H,18-19H2,1H3. The van der Waals surface area contributed by atoms with Crippen molar-refractivity contribution in [3.63, 3.8) is 0 Å². The van der Waals surface area contributed by atoms with Crippen LogP contribution in [0.4, 0.5) is 5.69 Å². The van der Waals surface area contributed by atoms with E-state index in [9.17, 15) is 5.26 Å². The Balaban J connectivity index is 1.62. The predicted octanol–water partition coefficient (Wildman–Crippen LogP) is 6.97. The Kier molecular flexibility index (Phi) is 6.03. The quantitative estimate of drug-likeness (QED) is 0.273. The summed E-state index contributed by atoms with van der Waals surface area (Å²) in [6.45, 7) is 1.34. The number of aryl methyl sites for hydroxylation is 1. The molecule has 0 atom stereocenters. The van der Waals surface area contributed by atoms with Crippen molar-refractivity contribution in [2.24, 2.45) is 7.05 Å². The number of halogens is 1. The van der Waals surface area contributed by atoms with E-state index < -0.39 is 0 Å². The van der Waals surface area contributed by atoms with Gasteiger partial charge in [-0.3, -0.25) is 0 Å². The minimum atomic E-state index is 0.656. The second-order valence-electron chi connectivity index (χ2n) is 8.35. The number of fused-ring (bicyclic) bond motifs is 1. The summed E-state index contributed by atoms with van der Waals surface area (Å²) in [6.07, 6.45) is 3.70. The Labute approximate surface area is 204 Å². The van der Waals surface area contributed by atoms with E-state index in [0.29, 0.717) is 23.7 Å². The molecule has 4 aromatic carbocycles. The van der Waals surface area contributed by atoms with Crippen LogP contribution in [0.1, 0.15) is 16.8 Å². The molecule has 0 saturated heterocycles. The van der Waals surface area contributed by atoms with E-state index >= 15 is 0 Å². The predicted molar refractivity (Wildman–Crippen MR) is 139 cm³/mol. The Hall–Kier alpha value is -4.07. The van der Waals surface area contributed by atoms with Crippen molar-refractivity contribution < 1.29 is 0 Å². The summed E-state index contributed by atoms with van der Waals surface area (Å²) in [5.41, 5.74) is 5.88. The molecule has 0 fully saturated rings. The molecular formula is C29H23ClN4. The highest BCUT2D eigenvalue weighted by molar-refractivity contribution is 6.30. The minimum Gasteiger partial charge on any atom is -0.361 e. The lowest BCUT2D eigenvalue weighted by Gasteiger charge is -2.26. The molecule has 0 aliphatic carbocycles. The first kappa shape index (κ1) is 21.8. The van der Waals surface area contributed by atoms with Crippen LogP contribution in [-0.4, -0.2) is 9.55 Å². The van der Waals surface area contributed by atoms with Gasteiger partial charge in [0.05, 0.1) is 30.2 Å². The van der Waals surface area contributed by atoms with E-state index in [-0.39, 0.29) is 0 Å². The topological polar surface area (TPSA) is 44.9 Å². The summed E-state index contributed by atoms with van der Waals surface area (Å²) in [7, 11) is 2.00. The summed E-state index contributed by atoms with van der Waals surface area (Å²) >= 11 is 6.27. The number of hydrogen-bond donors (Lipinski definition) is 0. The van der Waals surface area contributed by atoms with Crippen LogP contribution in [0.15, 0.2) is 97.5 Å². The summed E-state index contributed by atoms with van der Waals surface area (Å²) < 4.78 is 2.03. The maximum atomic E-state index is 9.90. The van der Waals surface area contributed by atoms with Crippen LogP contribution in [-0.2, 0) is 20.1 Å². The van der Waals surface area contributed by atoms with Crippen molar-refractivity contribution in [3.8, 4) is 17.2 Å². The number of hydrogen-bond acceptors (Lipinski definition) is 3. The third-order valence-electron chi connectivity index (χ3n) is 6.10. The fraction of sp³-hybridized carbons (Fsp3) is 0.103. The van der Waals surface area contributed by atoms with E-state index in [4.69, 9.17) is 11.6 Å². The third kappa shape index (κ3) is 4.39. The van der Waals surface area contributed by atoms with Gasteiger partial charge in [-0.1, -0.05) is 66.2 Å². The number of nitriles is 1. The molecule has 5 aromatic rings. The van der Waals surface area contributed by atoms with Gasteiger partial charge in [0, 0.05) is 36.1 Å². The SMILES string of the molecule is Cn1cncc1CN(Cc1cccc(Cl)c1)c1ccc(C#N)c(-c2cccc3ccccc23)c1. The lowest BCUT2D eigenvalue weighted by Crippen LogP contribution is -2.23. The molecule has 0 aliphatic rings. The maximum Gasteiger partial charge on any atom is 0.0998 e. The minimum absolute atomic E-state index is 0.656. The second-order valence-corrected chi connectivity index (χ2v) is 8.79. The number of aromatic nitrogens is 2. The normalized spacial score (nSPS) is 10.9. The zero-order chi connectivity index (χ0) is 23.5. The second kappa shape index (κ2) is 9.43. The molecule has 0 saturated carbocycles. The van der Waals surface area contributed by atoms with Gasteiger partial charge in [-0.15, -0.1) is 0 Å². The molecule has 0 N–H and O–H groups in total. The Morgan fingerprint density at radius 1 is 0.912 bits per heavy atom. The van der Waals surface area contributed by atoms with Gasteiger partial charge >= 0.3 is 0 Å². The van der Waals surface area contributed by atoms with E-state index in [0.717, 1.165) is 38.8 Å². The van der Waals surface area contributed by atoms with Crippen molar-refractivity contribution in [2.75, 3.05) is 4.90 Å². The molecule has 34 heavy (non-hydrogen) atoms. The van der Waals surface area contributed by atoms with Crippen LogP contribution in [0.2, 0.25) is 5.02 Å². The molecule has 0 radical (unpaired) electrons. The van der Waals surface area contributed by atoms with Crippen LogP contribution in [0.25, 0.3) is 21.9 Å². The average molecular weight is 463 g/mol. The summed E-state index contributed by atoms with van der Waals surface area (Å²) in [6, 6.07) is 30.9. The first-order valence-electron chi connectivity index (χ1n) is 11.1. The zero-order valence-corrected chi connectivity index (χ0v) is 19.6. The Bertz CT molecular complexity index is 1510. The van der Waals surface area contributed by atoms with Crippen LogP contribution >= 0.6 is 11.6 Å². The molecule has 4 nitrogen and oxygen atoms in total. The lowest BCUT2D eigenvalue weighted by molar-refractivity contribution is 0.736. The number of benzene rings is 4. The van der Waals surface area contributed by atoms with Gasteiger partial charge in [-0.25, -0.2) is 4.98 Å². The zero-order valence-electron chi connectivity index (χ0n) is 18.8. The maximum absolute atomic E-state index is 9.90. The van der Waals surface area contributed by atoms with Crippen LogP contribution in [0, 0.1) is 11.3 Å². The molecule has 0 bridgehead atoms. The molecule has 5 rings (SSSR count). The molecule has 0 spiro atoms. The van der Waals surface area contributed by atoms with Crippen molar-refractivity contribution in [3.05, 3.63) is 119 Å². The summed E-state index contributed by atoms with van der Waals surface area (Å²) in [5.74, 6) is 0. The molecule has 1 aromatic heterocycles. The van der Waals surface area contributed by atoms with Gasteiger partial charge in [-0.05, 0) is 52.2 Å². The van der Waals surface area contributed by atoms with E-state index in [2.05, 4.69) is 52.4 Å². The molecule has 1 heterocycles. The van der Waals surface area contributed by atoms with Gasteiger partial charge in [-0.2, -0.15) is 5.26 Å². The van der Waals surface area contributed by atoms with Gasteiger partial charge in [0.1, 0.15) is 0 Å². The van der Waals surface area contributed by atoms with Gasteiger partial charge < -0.3 is 9.47 Å². The highest BCUT2D eigenvalue weighted by Crippen LogP contribution is 2.34. The Morgan fingerprint density at radius 3 is 2.53 bits per heavy atom. The van der Waals surface area contributed by atoms with Crippen LogP contribution in [0.5, 0.6) is 0 Å². The highest BCUT2D eigenvalue weighted by atomic mass is 35.5. The molecule has 0 unspecified atom stereocenters. The van der Waals surface area contributed by atoms with Gasteiger partial charge in [0.15, 0.2) is 0 Å². The first-order valence-corrected chi connectivity index (χ1v) is 11.5. The summed E-state index contributed by atoms with van der Waals surface area (Å²) in [4.78, 5) is 6.58. The fourth-order valence-corrected chi connectivity index (χ4v) is 4.55. The third-order valence-corrected chi connectivity index (χ3v) is 6.34. The average Bonchev–Trinajstić information content (AvgIpc) is 3.27. The molecule has 5 heteroatoms. The molecular weight excluding hydrogens is 440 g/mol. The Morgan fingerprint density at radius 2 is 1.74 bits per heavy atom. The number of rotatable bonds is 6. The smallest absolute Gasteiger partial charge is 0.0998 e. The molecule has 0 aliphatic heterocycles. The van der Waals surface area contributed by atoms with Gasteiger partial charge in [0.25, 0.3) is 0 Å². The van der Waals surface area contributed by atoms with Crippen molar-refractivity contribution >= 4 is 28.1 Å². The van der Waals surface area contributed by atoms with Crippen molar-refractivity contribution in [2.45, 2.75) is 13.1 Å². The number of imidazole rings is 1. The van der Waals surface area contributed by atoms with Crippen molar-refractivity contribution in [1.82, 2.24) is 9.55 Å². The largest absolute Gasteiger partial charge is 0.361 e. The van der Waals surface area contributed by atoms with Crippen LogP contribution < -0.4 is 4.90 Å². The number of anilines is 1. The van der Waals surface area contributed by atoms with E-state index in [1.54, 1.807) is 0 Å². The fourth-order valence-electron chi connectivity index (χ4n) is 4.34. The first-order chi connectivity index (χ1) is 16.6. The highest BCUT2D eigenvalue weighted by Gasteiger charge is 2.15. The van der Waals surface area contributed by atoms with E-state index in [1.807, 2.05) is 72.7 Å². The molecule has 0 amide bonds. The lowest BCUT2D eigenvalue weighted by atomic mass is 9.94. The van der Waals surface area contributed by atoms with E-state index in [1.165, 1.54) is 0 Å². The monoisotopic (exact) mass is 462 g/mol. The van der Waals surface area contributed by atoms with Crippen molar-refractivity contribution in [1.29, 1.82) is 5.26 Å². The number of nitrogens with zero attached hydrogens (tertiary/aromatic N) is 4.